The molecular weight excluding hydrogens is 194 g/mol. The second-order valence-electron chi connectivity index (χ2n) is 3.85. The molecule has 0 spiro atoms. The topological polar surface area (TPSA) is 67.2 Å². The Kier molecular flexibility index (Phi) is 3.01. The van der Waals surface area contributed by atoms with Gasteiger partial charge in [-0.15, -0.1) is 0 Å². The van der Waals surface area contributed by atoms with Crippen molar-refractivity contribution in [1.29, 1.82) is 0 Å². The first-order valence-corrected chi connectivity index (χ1v) is 5.19. The number of aliphatic hydroxyl groups is 1. The summed E-state index contributed by atoms with van der Waals surface area (Å²) in [6.07, 6.45) is 6.09. The predicted octanol–water partition coefficient (Wildman–Crippen LogP) is 0.0441. The molecule has 5 heteroatoms. The third kappa shape index (κ3) is 3.06. The zero-order valence-corrected chi connectivity index (χ0v) is 8.52. The van der Waals surface area contributed by atoms with E-state index in [0.29, 0.717) is 24.7 Å². The summed E-state index contributed by atoms with van der Waals surface area (Å²) in [5.41, 5.74) is 0.637. The molecule has 82 valence electrons. The molecule has 0 unspecified atom stereocenters. The molecule has 0 aliphatic heterocycles. The number of amides is 1. The highest BCUT2D eigenvalue weighted by Crippen LogP contribution is 2.18. The molecule has 0 bridgehead atoms. The van der Waals surface area contributed by atoms with E-state index in [0.717, 1.165) is 12.8 Å². The quantitative estimate of drug-likeness (QED) is 0.719. The summed E-state index contributed by atoms with van der Waals surface area (Å²) in [5.74, 6) is 0.0942. The lowest BCUT2D eigenvalue weighted by Gasteiger charge is -2.03. The van der Waals surface area contributed by atoms with E-state index in [1.54, 1.807) is 12.5 Å². The van der Waals surface area contributed by atoms with Crippen molar-refractivity contribution in [2.75, 3.05) is 0 Å². The first kappa shape index (κ1) is 10.2. The molecular formula is C10H15N3O2. The van der Waals surface area contributed by atoms with Gasteiger partial charge in [0.05, 0.1) is 18.6 Å². The normalized spacial score (nSPS) is 15.3. The van der Waals surface area contributed by atoms with Gasteiger partial charge in [-0.05, 0) is 12.8 Å². The predicted molar refractivity (Wildman–Crippen MR) is 53.9 cm³/mol. The largest absolute Gasteiger partial charge is 0.390 e. The Bertz CT molecular complexity index is 344. The van der Waals surface area contributed by atoms with Crippen LogP contribution in [0.2, 0.25) is 0 Å². The minimum absolute atomic E-state index is 0.0543. The van der Waals surface area contributed by atoms with E-state index in [2.05, 4.69) is 10.3 Å². The summed E-state index contributed by atoms with van der Waals surface area (Å²) >= 11 is 0. The number of hydrogen-bond donors (Lipinski definition) is 2. The minimum Gasteiger partial charge on any atom is -0.390 e. The van der Waals surface area contributed by atoms with Crippen molar-refractivity contribution in [2.24, 2.45) is 0 Å². The van der Waals surface area contributed by atoms with Gasteiger partial charge in [0.1, 0.15) is 0 Å². The summed E-state index contributed by atoms with van der Waals surface area (Å²) in [6.45, 7) is 0.562. The van der Waals surface area contributed by atoms with E-state index in [-0.39, 0.29) is 12.5 Å². The summed E-state index contributed by atoms with van der Waals surface area (Å²) in [7, 11) is 0. The fourth-order valence-corrected chi connectivity index (χ4v) is 1.37. The van der Waals surface area contributed by atoms with Gasteiger partial charge in [0.15, 0.2) is 0 Å². The summed E-state index contributed by atoms with van der Waals surface area (Å²) in [5, 5.41) is 11.7. The van der Waals surface area contributed by atoms with Crippen LogP contribution in [0.25, 0.3) is 0 Å². The van der Waals surface area contributed by atoms with Gasteiger partial charge in [0, 0.05) is 25.2 Å². The number of aromatic nitrogens is 2. The highest BCUT2D eigenvalue weighted by Gasteiger charge is 2.22. The third-order valence-electron chi connectivity index (χ3n) is 2.39. The van der Waals surface area contributed by atoms with Crippen molar-refractivity contribution in [1.82, 2.24) is 14.9 Å². The van der Waals surface area contributed by atoms with E-state index in [4.69, 9.17) is 5.11 Å². The van der Waals surface area contributed by atoms with Gasteiger partial charge >= 0.3 is 0 Å². The lowest BCUT2D eigenvalue weighted by atomic mass is 10.4. The lowest BCUT2D eigenvalue weighted by molar-refractivity contribution is -0.121. The van der Waals surface area contributed by atoms with E-state index >= 15 is 0 Å². The smallest absolute Gasteiger partial charge is 0.222 e. The fraction of sp³-hybridized carbons (Fsp3) is 0.600. The van der Waals surface area contributed by atoms with E-state index in [1.165, 1.54) is 0 Å². The average Bonchev–Trinajstić information content (AvgIpc) is 2.92. The SMILES string of the molecule is O=C(CCn1cnc(CO)c1)NC1CC1. The van der Waals surface area contributed by atoms with Crippen LogP contribution < -0.4 is 5.32 Å². The maximum absolute atomic E-state index is 11.3. The van der Waals surface area contributed by atoms with Gasteiger partial charge in [-0.1, -0.05) is 0 Å². The van der Waals surface area contributed by atoms with E-state index < -0.39 is 0 Å². The molecule has 1 aromatic rings. The maximum atomic E-state index is 11.3. The number of imidazole rings is 1. The molecule has 1 fully saturated rings. The Morgan fingerprint density at radius 1 is 1.67 bits per heavy atom. The molecule has 1 aliphatic carbocycles. The Morgan fingerprint density at radius 3 is 3.07 bits per heavy atom. The number of nitrogens with one attached hydrogen (secondary N) is 1. The Hall–Kier alpha value is -1.36. The monoisotopic (exact) mass is 209 g/mol. The van der Waals surface area contributed by atoms with Gasteiger partial charge in [-0.25, -0.2) is 4.98 Å². The zero-order chi connectivity index (χ0) is 10.7. The molecule has 1 amide bonds. The fourth-order valence-electron chi connectivity index (χ4n) is 1.37. The molecule has 1 heterocycles. The van der Waals surface area contributed by atoms with Crippen LogP contribution in [0.4, 0.5) is 0 Å². The molecule has 1 aliphatic rings. The summed E-state index contributed by atoms with van der Waals surface area (Å²) in [6, 6.07) is 0.424. The number of hydrogen-bond acceptors (Lipinski definition) is 3. The standard InChI is InChI=1S/C10H15N3O2/c14-6-9-5-13(7-11-9)4-3-10(15)12-8-1-2-8/h5,7-8,14H,1-4,6H2,(H,12,15). The molecule has 1 saturated carbocycles. The van der Waals surface area contributed by atoms with E-state index in [1.807, 2.05) is 4.57 Å². The van der Waals surface area contributed by atoms with Crippen LogP contribution in [0, 0.1) is 0 Å². The second-order valence-corrected chi connectivity index (χ2v) is 3.85. The molecule has 15 heavy (non-hydrogen) atoms. The van der Waals surface area contributed by atoms with Crippen LogP contribution in [0.5, 0.6) is 0 Å². The number of carbonyl (C=O) groups is 1. The van der Waals surface area contributed by atoms with Gasteiger partial charge in [-0.3, -0.25) is 4.79 Å². The van der Waals surface area contributed by atoms with Gasteiger partial charge in [0.25, 0.3) is 0 Å². The van der Waals surface area contributed by atoms with Gasteiger partial charge in [0.2, 0.25) is 5.91 Å². The molecule has 0 radical (unpaired) electrons. The average molecular weight is 209 g/mol. The Morgan fingerprint density at radius 2 is 2.47 bits per heavy atom. The molecule has 2 rings (SSSR count). The van der Waals surface area contributed by atoms with Crippen LogP contribution in [-0.2, 0) is 17.9 Å². The van der Waals surface area contributed by atoms with Crippen molar-refractivity contribution in [3.8, 4) is 0 Å². The van der Waals surface area contributed by atoms with Crippen LogP contribution in [0.3, 0.4) is 0 Å². The van der Waals surface area contributed by atoms with Crippen molar-refractivity contribution in [3.63, 3.8) is 0 Å². The molecule has 1 aromatic heterocycles. The molecule has 0 aromatic carbocycles. The Balaban J connectivity index is 1.73. The van der Waals surface area contributed by atoms with Crippen molar-refractivity contribution in [2.45, 2.75) is 38.5 Å². The van der Waals surface area contributed by atoms with Crippen molar-refractivity contribution in [3.05, 3.63) is 18.2 Å². The molecule has 2 N–H and O–H groups in total. The number of carbonyl (C=O) groups excluding carboxylic acids is 1. The second kappa shape index (κ2) is 4.44. The first-order chi connectivity index (χ1) is 7.28. The van der Waals surface area contributed by atoms with Crippen LogP contribution >= 0.6 is 0 Å². The first-order valence-electron chi connectivity index (χ1n) is 5.19. The van der Waals surface area contributed by atoms with Gasteiger partial charge < -0.3 is 15.0 Å². The number of aryl methyl sites for hydroxylation is 1. The maximum Gasteiger partial charge on any atom is 0.222 e. The van der Waals surface area contributed by atoms with E-state index in [9.17, 15) is 4.79 Å². The molecule has 5 nitrogen and oxygen atoms in total. The van der Waals surface area contributed by atoms with Crippen LogP contribution in [0.1, 0.15) is 25.0 Å². The summed E-state index contributed by atoms with van der Waals surface area (Å²) < 4.78 is 1.82. The highest BCUT2D eigenvalue weighted by atomic mass is 16.3. The van der Waals surface area contributed by atoms with Crippen molar-refractivity contribution >= 4 is 5.91 Å². The molecule has 0 saturated heterocycles. The molecule has 0 atom stereocenters. The summed E-state index contributed by atoms with van der Waals surface area (Å²) in [4.78, 5) is 15.3. The zero-order valence-electron chi connectivity index (χ0n) is 8.52. The lowest BCUT2D eigenvalue weighted by Crippen LogP contribution is -2.26. The Labute approximate surface area is 88.1 Å². The van der Waals surface area contributed by atoms with Crippen LogP contribution in [-0.4, -0.2) is 26.6 Å². The number of aliphatic hydroxyl groups excluding tert-OH is 1. The van der Waals surface area contributed by atoms with Gasteiger partial charge in [-0.2, -0.15) is 0 Å². The third-order valence-corrected chi connectivity index (χ3v) is 2.39. The highest BCUT2D eigenvalue weighted by molar-refractivity contribution is 5.76. The number of rotatable bonds is 5. The minimum atomic E-state index is -0.0543. The number of nitrogens with zero attached hydrogens (tertiary/aromatic N) is 2. The van der Waals surface area contributed by atoms with Crippen LogP contribution in [0.15, 0.2) is 12.5 Å². The van der Waals surface area contributed by atoms with Crippen molar-refractivity contribution < 1.29 is 9.90 Å².